The molecular formula is C14H13N3O3. The van der Waals surface area contributed by atoms with Crippen LogP contribution >= 0.6 is 0 Å². The number of carbonyl (C=O) groups is 1. The Bertz CT molecular complexity index is 782. The van der Waals surface area contributed by atoms with Gasteiger partial charge in [-0.15, -0.1) is 0 Å². The molecule has 6 heteroatoms. The van der Waals surface area contributed by atoms with E-state index >= 15 is 0 Å². The highest BCUT2D eigenvalue weighted by Crippen LogP contribution is 2.20. The summed E-state index contributed by atoms with van der Waals surface area (Å²) in [5.74, 6) is 0.333. The van der Waals surface area contributed by atoms with Crippen molar-refractivity contribution in [2.45, 2.75) is 20.4 Å². The van der Waals surface area contributed by atoms with Crippen LogP contribution in [0.5, 0.6) is 0 Å². The minimum Gasteiger partial charge on any atom is -0.478 e. The lowest BCUT2D eigenvalue weighted by Crippen LogP contribution is -2.04. The average molecular weight is 271 g/mol. The molecule has 0 saturated carbocycles. The molecule has 3 aromatic rings. The third-order valence-electron chi connectivity index (χ3n) is 3.25. The molecule has 1 N–H and O–H groups in total. The minimum absolute atomic E-state index is 0.222. The van der Waals surface area contributed by atoms with Gasteiger partial charge in [0.25, 0.3) is 0 Å². The molecule has 0 saturated heterocycles. The quantitative estimate of drug-likeness (QED) is 0.791. The van der Waals surface area contributed by atoms with Crippen molar-refractivity contribution in [2.24, 2.45) is 0 Å². The number of imidazole rings is 1. The van der Waals surface area contributed by atoms with Crippen LogP contribution in [-0.4, -0.2) is 25.6 Å². The predicted octanol–water partition coefficient (Wildman–Crippen LogP) is 2.39. The van der Waals surface area contributed by atoms with Crippen molar-refractivity contribution < 1.29 is 14.3 Å². The first kappa shape index (κ1) is 12.4. The van der Waals surface area contributed by atoms with Gasteiger partial charge < -0.3 is 14.1 Å². The molecule has 0 spiro atoms. The van der Waals surface area contributed by atoms with E-state index in [1.165, 1.54) is 0 Å². The van der Waals surface area contributed by atoms with E-state index in [-0.39, 0.29) is 5.56 Å². The smallest absolute Gasteiger partial charge is 0.337 e. The van der Waals surface area contributed by atoms with Crippen LogP contribution in [0, 0.1) is 13.8 Å². The number of aromatic carboxylic acids is 1. The Balaban J connectivity index is 2.10. The van der Waals surface area contributed by atoms with Gasteiger partial charge in [-0.25, -0.2) is 14.8 Å². The number of fused-ring (bicyclic) bond motifs is 1. The molecule has 0 fully saturated rings. The molecule has 0 radical (unpaired) electrons. The van der Waals surface area contributed by atoms with E-state index in [1.807, 2.05) is 13.8 Å². The van der Waals surface area contributed by atoms with Crippen molar-refractivity contribution >= 4 is 17.0 Å². The summed E-state index contributed by atoms with van der Waals surface area (Å²) in [6, 6.07) is 5.03. The molecule has 2 heterocycles. The van der Waals surface area contributed by atoms with Crippen LogP contribution in [0.3, 0.4) is 0 Å². The summed E-state index contributed by atoms with van der Waals surface area (Å²) in [4.78, 5) is 19.8. The monoisotopic (exact) mass is 271 g/mol. The Morgan fingerprint density at radius 1 is 1.40 bits per heavy atom. The highest BCUT2D eigenvalue weighted by Gasteiger charge is 2.15. The van der Waals surface area contributed by atoms with Crippen LogP contribution < -0.4 is 0 Å². The maximum Gasteiger partial charge on any atom is 0.337 e. The lowest BCUT2D eigenvalue weighted by Gasteiger charge is -2.03. The van der Waals surface area contributed by atoms with Crippen LogP contribution in [0.25, 0.3) is 11.0 Å². The van der Waals surface area contributed by atoms with E-state index in [0.29, 0.717) is 23.5 Å². The topological polar surface area (TPSA) is 81.2 Å². The molecule has 0 aliphatic carbocycles. The first-order chi connectivity index (χ1) is 9.56. The van der Waals surface area contributed by atoms with Crippen LogP contribution in [-0.2, 0) is 6.54 Å². The number of hydrogen-bond acceptors (Lipinski definition) is 4. The number of benzene rings is 1. The van der Waals surface area contributed by atoms with Crippen molar-refractivity contribution in [2.75, 3.05) is 0 Å². The zero-order chi connectivity index (χ0) is 14.3. The second-order valence-electron chi connectivity index (χ2n) is 4.60. The van der Waals surface area contributed by atoms with E-state index in [0.717, 1.165) is 11.5 Å². The van der Waals surface area contributed by atoms with Crippen molar-refractivity contribution in [3.8, 4) is 0 Å². The molecule has 3 rings (SSSR count). The minimum atomic E-state index is -0.975. The number of para-hydroxylation sites is 1. The summed E-state index contributed by atoms with van der Waals surface area (Å²) < 4.78 is 7.27. The Labute approximate surface area is 114 Å². The molecule has 102 valence electrons. The van der Waals surface area contributed by atoms with E-state index in [2.05, 4.69) is 9.97 Å². The first-order valence-electron chi connectivity index (χ1n) is 6.16. The molecule has 0 unspecified atom stereocenters. The molecule has 0 aliphatic rings. The van der Waals surface area contributed by atoms with Crippen molar-refractivity contribution in [3.05, 3.63) is 47.4 Å². The van der Waals surface area contributed by atoms with Crippen LogP contribution in [0.1, 0.15) is 27.7 Å². The van der Waals surface area contributed by atoms with E-state index in [1.54, 1.807) is 29.1 Å². The van der Waals surface area contributed by atoms with Crippen LogP contribution in [0.4, 0.5) is 0 Å². The van der Waals surface area contributed by atoms with Gasteiger partial charge in [-0.05, 0) is 26.0 Å². The van der Waals surface area contributed by atoms with Crippen molar-refractivity contribution in [1.29, 1.82) is 0 Å². The summed E-state index contributed by atoms with van der Waals surface area (Å²) in [5.41, 5.74) is 2.28. The Kier molecular flexibility index (Phi) is 2.78. The van der Waals surface area contributed by atoms with E-state index < -0.39 is 5.97 Å². The highest BCUT2D eigenvalue weighted by molar-refractivity contribution is 6.01. The van der Waals surface area contributed by atoms with E-state index in [4.69, 9.17) is 4.42 Å². The predicted molar refractivity (Wildman–Crippen MR) is 71.8 cm³/mol. The molecule has 2 aromatic heterocycles. The fraction of sp³-hybridized carbons (Fsp3) is 0.214. The average Bonchev–Trinajstić information content (AvgIpc) is 2.94. The second kappa shape index (κ2) is 4.48. The van der Waals surface area contributed by atoms with Gasteiger partial charge in [-0.2, -0.15) is 0 Å². The van der Waals surface area contributed by atoms with E-state index in [9.17, 15) is 9.90 Å². The molecular weight excluding hydrogens is 258 g/mol. The van der Waals surface area contributed by atoms with Gasteiger partial charge in [0.1, 0.15) is 12.3 Å². The van der Waals surface area contributed by atoms with Gasteiger partial charge in [0.2, 0.25) is 5.89 Å². The Morgan fingerprint density at radius 2 is 2.20 bits per heavy atom. The van der Waals surface area contributed by atoms with Gasteiger partial charge >= 0.3 is 5.97 Å². The second-order valence-corrected chi connectivity index (χ2v) is 4.60. The summed E-state index contributed by atoms with van der Waals surface area (Å²) in [7, 11) is 0. The third-order valence-corrected chi connectivity index (χ3v) is 3.25. The van der Waals surface area contributed by atoms with Crippen molar-refractivity contribution in [3.63, 3.8) is 0 Å². The summed E-state index contributed by atoms with van der Waals surface area (Å²) in [5, 5.41) is 9.26. The fourth-order valence-electron chi connectivity index (χ4n) is 2.17. The largest absolute Gasteiger partial charge is 0.478 e. The Morgan fingerprint density at radius 3 is 2.85 bits per heavy atom. The molecule has 0 bridgehead atoms. The zero-order valence-corrected chi connectivity index (χ0v) is 11.1. The fourth-order valence-corrected chi connectivity index (χ4v) is 2.17. The molecule has 6 nitrogen and oxygen atoms in total. The lowest BCUT2D eigenvalue weighted by molar-refractivity contribution is 0.0698. The normalized spacial score (nSPS) is 11.1. The third kappa shape index (κ3) is 1.95. The zero-order valence-electron chi connectivity index (χ0n) is 11.1. The number of carboxylic acid groups (broad SMARTS) is 1. The number of aromatic nitrogens is 3. The Hall–Kier alpha value is -2.63. The molecule has 0 amide bonds. The lowest BCUT2D eigenvalue weighted by atomic mass is 10.2. The van der Waals surface area contributed by atoms with Crippen LogP contribution in [0.15, 0.2) is 28.9 Å². The van der Waals surface area contributed by atoms with Gasteiger partial charge in [0.05, 0.1) is 28.6 Å². The molecule has 0 aliphatic heterocycles. The maximum atomic E-state index is 11.3. The van der Waals surface area contributed by atoms with Crippen molar-refractivity contribution in [1.82, 2.24) is 14.5 Å². The standard InChI is InChI=1S/C14H13N3O3/c1-8-9(2)20-12(16-8)6-17-7-15-11-5-3-4-10(13(11)17)14(18)19/h3-5,7H,6H2,1-2H3,(H,18,19). The van der Waals surface area contributed by atoms with Crippen LogP contribution in [0.2, 0.25) is 0 Å². The number of oxazole rings is 1. The highest BCUT2D eigenvalue weighted by atomic mass is 16.4. The number of hydrogen-bond donors (Lipinski definition) is 1. The summed E-state index contributed by atoms with van der Waals surface area (Å²) in [6.07, 6.45) is 1.60. The van der Waals surface area contributed by atoms with Gasteiger partial charge in [0.15, 0.2) is 0 Å². The summed E-state index contributed by atoms with van der Waals surface area (Å²) in [6.45, 7) is 4.08. The number of rotatable bonds is 3. The summed E-state index contributed by atoms with van der Waals surface area (Å²) >= 11 is 0. The van der Waals surface area contributed by atoms with Gasteiger partial charge in [0, 0.05) is 0 Å². The molecule has 0 atom stereocenters. The molecule has 20 heavy (non-hydrogen) atoms. The molecule has 1 aromatic carbocycles. The first-order valence-corrected chi connectivity index (χ1v) is 6.16. The number of aryl methyl sites for hydroxylation is 2. The van der Waals surface area contributed by atoms with Gasteiger partial charge in [-0.1, -0.05) is 6.07 Å². The number of carboxylic acids is 1. The number of nitrogens with zero attached hydrogens (tertiary/aromatic N) is 3. The van der Waals surface area contributed by atoms with Gasteiger partial charge in [-0.3, -0.25) is 0 Å². The maximum absolute atomic E-state index is 11.3. The SMILES string of the molecule is Cc1nc(Cn2cnc3cccc(C(=O)O)c32)oc1C.